The molecule has 2 unspecified atom stereocenters. The highest BCUT2D eigenvalue weighted by Gasteiger charge is 2.41. The van der Waals surface area contributed by atoms with E-state index in [9.17, 15) is 9.59 Å². The number of ether oxygens (including phenoxy) is 1. The molecule has 0 aliphatic carbocycles. The number of halogens is 2. The summed E-state index contributed by atoms with van der Waals surface area (Å²) in [7, 11) is 1.52. The summed E-state index contributed by atoms with van der Waals surface area (Å²) in [4.78, 5) is 29.9. The van der Waals surface area contributed by atoms with Crippen LogP contribution in [0.4, 0.5) is 0 Å². The third-order valence-electron chi connectivity index (χ3n) is 5.81. The lowest BCUT2D eigenvalue weighted by Crippen LogP contribution is -2.57. The molecule has 2 aliphatic heterocycles. The Labute approximate surface area is 177 Å². The van der Waals surface area contributed by atoms with E-state index in [0.29, 0.717) is 42.4 Å². The molecule has 3 rings (SSSR count). The number of nitrogens with two attached hydrogens (primary N) is 1. The van der Waals surface area contributed by atoms with E-state index in [1.165, 1.54) is 7.11 Å². The molecule has 1 aromatic rings. The summed E-state index contributed by atoms with van der Waals surface area (Å²) in [6, 6.07) is 4.61. The van der Waals surface area contributed by atoms with Gasteiger partial charge in [-0.3, -0.25) is 9.59 Å². The molecule has 0 saturated carbocycles. The molecular formula is C20H29Cl2N3O3. The van der Waals surface area contributed by atoms with Crippen LogP contribution in [0, 0.1) is 5.41 Å². The Morgan fingerprint density at radius 2 is 1.96 bits per heavy atom. The lowest BCUT2D eigenvalue weighted by molar-refractivity contribution is -0.138. The van der Waals surface area contributed by atoms with Gasteiger partial charge in [-0.05, 0) is 42.9 Å². The molecule has 2 atom stereocenters. The number of amides is 2. The minimum atomic E-state index is -0.439. The summed E-state index contributed by atoms with van der Waals surface area (Å²) < 4.78 is 5.32. The van der Waals surface area contributed by atoms with Crippen LogP contribution in [0.3, 0.4) is 0 Å². The van der Waals surface area contributed by atoms with Crippen LogP contribution in [0.1, 0.15) is 43.5 Å². The number of rotatable bonds is 3. The second kappa shape index (κ2) is 8.89. The highest BCUT2D eigenvalue weighted by Crippen LogP contribution is 2.31. The molecule has 2 saturated heterocycles. The van der Waals surface area contributed by atoms with E-state index in [0.717, 1.165) is 12.8 Å². The van der Waals surface area contributed by atoms with Gasteiger partial charge in [0.1, 0.15) is 11.8 Å². The third kappa shape index (κ3) is 4.39. The van der Waals surface area contributed by atoms with Crippen LogP contribution in [0.2, 0.25) is 5.02 Å². The monoisotopic (exact) mass is 429 g/mol. The van der Waals surface area contributed by atoms with Crippen LogP contribution >= 0.6 is 24.0 Å². The minimum Gasteiger partial charge on any atom is -0.496 e. The predicted octanol–water partition coefficient (Wildman–Crippen LogP) is 2.96. The largest absolute Gasteiger partial charge is 0.496 e. The Bertz CT molecular complexity index is 741. The fourth-order valence-electron chi connectivity index (χ4n) is 4.04. The van der Waals surface area contributed by atoms with Gasteiger partial charge in [-0.15, -0.1) is 12.4 Å². The molecule has 2 amide bonds. The van der Waals surface area contributed by atoms with E-state index in [4.69, 9.17) is 22.1 Å². The summed E-state index contributed by atoms with van der Waals surface area (Å²) in [5.74, 6) is 0.271. The van der Waals surface area contributed by atoms with Crippen molar-refractivity contribution in [2.75, 3.05) is 26.7 Å². The van der Waals surface area contributed by atoms with Gasteiger partial charge in [-0.25, -0.2) is 0 Å². The molecule has 0 aromatic heterocycles. The van der Waals surface area contributed by atoms with Crippen LogP contribution in [-0.4, -0.2) is 60.4 Å². The van der Waals surface area contributed by atoms with Crippen LogP contribution < -0.4 is 10.5 Å². The van der Waals surface area contributed by atoms with Crippen LogP contribution in [0.15, 0.2) is 18.2 Å². The van der Waals surface area contributed by atoms with Gasteiger partial charge < -0.3 is 20.3 Å². The highest BCUT2D eigenvalue weighted by molar-refractivity contribution is 6.31. The van der Waals surface area contributed by atoms with Gasteiger partial charge in [-0.2, -0.15) is 0 Å². The number of carbonyl (C=O) groups excluding carboxylic acids is 2. The standard InChI is InChI=1S/C20H28ClN3O3.ClH/c1-20(2)12-23(10-8-17(20)22)19(26)15-5-4-9-24(15)18(25)14-11-13(21)6-7-16(14)27-3;/h6-7,11,15,17H,4-5,8-10,12,22H2,1-3H3;1H. The van der Waals surface area contributed by atoms with E-state index in [1.54, 1.807) is 23.1 Å². The number of methoxy groups -OCH3 is 1. The molecule has 8 heteroatoms. The summed E-state index contributed by atoms with van der Waals surface area (Å²) in [5.41, 5.74) is 6.46. The first-order chi connectivity index (χ1) is 12.7. The predicted molar refractivity (Wildman–Crippen MR) is 112 cm³/mol. The number of likely N-dealkylation sites (tertiary alicyclic amines) is 2. The number of carbonyl (C=O) groups is 2. The van der Waals surface area contributed by atoms with Crippen molar-refractivity contribution in [2.45, 2.75) is 45.2 Å². The van der Waals surface area contributed by atoms with Crippen molar-refractivity contribution in [3.8, 4) is 5.75 Å². The normalized spacial score (nSPS) is 23.9. The molecule has 2 aliphatic rings. The molecule has 156 valence electrons. The first kappa shape index (κ1) is 22.8. The summed E-state index contributed by atoms with van der Waals surface area (Å²) >= 11 is 6.08. The second-order valence-corrected chi connectivity index (χ2v) is 8.58. The zero-order chi connectivity index (χ0) is 19.8. The van der Waals surface area contributed by atoms with Crippen molar-refractivity contribution in [3.63, 3.8) is 0 Å². The Morgan fingerprint density at radius 1 is 1.25 bits per heavy atom. The van der Waals surface area contributed by atoms with Crippen molar-refractivity contribution in [2.24, 2.45) is 11.1 Å². The summed E-state index contributed by atoms with van der Waals surface area (Å²) in [6.07, 6.45) is 2.26. The quantitative estimate of drug-likeness (QED) is 0.800. The smallest absolute Gasteiger partial charge is 0.258 e. The third-order valence-corrected chi connectivity index (χ3v) is 6.05. The lowest BCUT2D eigenvalue weighted by atomic mass is 9.79. The van der Waals surface area contributed by atoms with E-state index in [1.807, 2.05) is 4.90 Å². The average molecular weight is 430 g/mol. The highest BCUT2D eigenvalue weighted by atomic mass is 35.5. The minimum absolute atomic E-state index is 0. The first-order valence-corrected chi connectivity index (χ1v) is 9.81. The van der Waals surface area contributed by atoms with Crippen LogP contribution in [-0.2, 0) is 4.79 Å². The molecule has 28 heavy (non-hydrogen) atoms. The molecule has 2 heterocycles. The lowest BCUT2D eigenvalue weighted by Gasteiger charge is -2.44. The number of nitrogens with zero attached hydrogens (tertiary/aromatic N) is 2. The Balaban J connectivity index is 0.00000280. The summed E-state index contributed by atoms with van der Waals surface area (Å²) in [5, 5.41) is 0.466. The fourth-order valence-corrected chi connectivity index (χ4v) is 4.21. The van der Waals surface area contributed by atoms with Crippen molar-refractivity contribution in [1.82, 2.24) is 9.80 Å². The molecule has 6 nitrogen and oxygen atoms in total. The van der Waals surface area contributed by atoms with Crippen molar-refractivity contribution in [3.05, 3.63) is 28.8 Å². The fraction of sp³-hybridized carbons (Fsp3) is 0.600. The van der Waals surface area contributed by atoms with Gasteiger partial charge >= 0.3 is 0 Å². The maximum atomic E-state index is 13.2. The Morgan fingerprint density at radius 3 is 2.61 bits per heavy atom. The Kier molecular flexibility index (Phi) is 7.23. The number of benzene rings is 1. The van der Waals surface area contributed by atoms with Gasteiger partial charge in [-0.1, -0.05) is 25.4 Å². The SMILES string of the molecule is COc1ccc(Cl)cc1C(=O)N1CCCC1C(=O)N1CCC(N)C(C)(C)C1.Cl. The second-order valence-electron chi connectivity index (χ2n) is 8.14. The van der Waals surface area contributed by atoms with Gasteiger partial charge in [0.15, 0.2) is 0 Å². The van der Waals surface area contributed by atoms with Gasteiger partial charge in [0, 0.05) is 30.7 Å². The van der Waals surface area contributed by atoms with E-state index in [-0.39, 0.29) is 35.7 Å². The van der Waals surface area contributed by atoms with Gasteiger partial charge in [0.25, 0.3) is 5.91 Å². The van der Waals surface area contributed by atoms with E-state index < -0.39 is 6.04 Å². The zero-order valence-corrected chi connectivity index (χ0v) is 18.2. The molecule has 0 spiro atoms. The molecule has 0 radical (unpaired) electrons. The molecule has 2 fully saturated rings. The summed E-state index contributed by atoms with van der Waals surface area (Å²) in [6.45, 7) is 5.99. The molecule has 0 bridgehead atoms. The molecular weight excluding hydrogens is 401 g/mol. The number of hydrogen-bond acceptors (Lipinski definition) is 4. The maximum Gasteiger partial charge on any atom is 0.258 e. The average Bonchev–Trinajstić information content (AvgIpc) is 3.12. The topological polar surface area (TPSA) is 75.9 Å². The van der Waals surface area contributed by atoms with Gasteiger partial charge in [0.05, 0.1) is 12.7 Å². The van der Waals surface area contributed by atoms with Crippen molar-refractivity contribution >= 4 is 35.8 Å². The Hall–Kier alpha value is -1.50. The molecule has 2 N–H and O–H groups in total. The van der Waals surface area contributed by atoms with Crippen LogP contribution in [0.25, 0.3) is 0 Å². The number of hydrogen-bond donors (Lipinski definition) is 1. The maximum absolute atomic E-state index is 13.2. The number of piperidine rings is 1. The van der Waals surface area contributed by atoms with Crippen molar-refractivity contribution in [1.29, 1.82) is 0 Å². The van der Waals surface area contributed by atoms with E-state index >= 15 is 0 Å². The molecule has 1 aromatic carbocycles. The van der Waals surface area contributed by atoms with Crippen LogP contribution in [0.5, 0.6) is 5.75 Å². The van der Waals surface area contributed by atoms with Gasteiger partial charge in [0.2, 0.25) is 5.91 Å². The first-order valence-electron chi connectivity index (χ1n) is 9.43. The van der Waals surface area contributed by atoms with E-state index in [2.05, 4.69) is 13.8 Å². The zero-order valence-electron chi connectivity index (χ0n) is 16.6. The van der Waals surface area contributed by atoms with Crippen molar-refractivity contribution < 1.29 is 14.3 Å².